The smallest absolute Gasteiger partial charge is 0.294 e. The molecule has 2 aliphatic heterocycles. The van der Waals surface area contributed by atoms with Gasteiger partial charge >= 0.3 is 0 Å². The Hall–Kier alpha value is -4.18. The maximum absolute atomic E-state index is 12.1. The molecule has 10 heteroatoms. The highest BCUT2D eigenvalue weighted by atomic mass is 16.6. The normalized spacial score (nSPS) is 17.7. The number of hydrogen-bond donors (Lipinski definition) is 1. The lowest BCUT2D eigenvalue weighted by atomic mass is 10.1. The predicted octanol–water partition coefficient (Wildman–Crippen LogP) is 4.58. The van der Waals surface area contributed by atoms with Crippen molar-refractivity contribution in [2.24, 2.45) is 7.05 Å². The molecule has 0 radical (unpaired) electrons. The number of rotatable bonds is 7. The number of hydrogen-bond acceptors (Lipinski definition) is 8. The Kier molecular flexibility index (Phi) is 5.88. The van der Waals surface area contributed by atoms with Crippen molar-refractivity contribution in [2.45, 2.75) is 18.9 Å². The van der Waals surface area contributed by atoms with Crippen molar-refractivity contribution in [1.29, 1.82) is 0 Å². The summed E-state index contributed by atoms with van der Waals surface area (Å²) in [4.78, 5) is 25.4. The van der Waals surface area contributed by atoms with Gasteiger partial charge < -0.3 is 19.5 Å². The maximum atomic E-state index is 12.1. The van der Waals surface area contributed by atoms with Crippen LogP contribution in [0.15, 0.2) is 54.9 Å². The maximum Gasteiger partial charge on any atom is 0.294 e. The summed E-state index contributed by atoms with van der Waals surface area (Å²) in [5, 5.41) is 16.4. The van der Waals surface area contributed by atoms with Crippen LogP contribution in [0.3, 0.4) is 0 Å². The summed E-state index contributed by atoms with van der Waals surface area (Å²) in [6, 6.07) is 13.7. The molecule has 0 amide bonds. The Bertz CT molecular complexity index is 1480. The van der Waals surface area contributed by atoms with Crippen LogP contribution in [0.2, 0.25) is 0 Å². The third-order valence-corrected chi connectivity index (χ3v) is 7.48. The second-order valence-electron chi connectivity index (χ2n) is 9.64. The van der Waals surface area contributed by atoms with Gasteiger partial charge in [-0.05, 0) is 38.1 Å². The quantitative estimate of drug-likeness (QED) is 0.291. The van der Waals surface area contributed by atoms with Crippen LogP contribution in [-0.4, -0.2) is 63.7 Å². The molecule has 2 aliphatic rings. The molecule has 2 aromatic heterocycles. The highest BCUT2D eigenvalue weighted by Gasteiger charge is 2.34. The summed E-state index contributed by atoms with van der Waals surface area (Å²) in [6.07, 6.45) is 5.96. The third kappa shape index (κ3) is 4.23. The number of methoxy groups -OCH3 is 1. The van der Waals surface area contributed by atoms with E-state index in [2.05, 4.69) is 36.8 Å². The van der Waals surface area contributed by atoms with Crippen LogP contribution >= 0.6 is 0 Å². The minimum Gasteiger partial charge on any atom is -0.494 e. The topological polar surface area (TPSA) is 102 Å². The lowest BCUT2D eigenvalue weighted by Gasteiger charge is -2.36. The van der Waals surface area contributed by atoms with E-state index < -0.39 is 0 Å². The van der Waals surface area contributed by atoms with Crippen molar-refractivity contribution in [3.8, 4) is 17.0 Å². The molecular formula is C27H29N7O3. The van der Waals surface area contributed by atoms with Gasteiger partial charge in [0.2, 0.25) is 5.95 Å². The summed E-state index contributed by atoms with van der Waals surface area (Å²) >= 11 is 0. The zero-order chi connectivity index (χ0) is 25.5. The second-order valence-corrected chi connectivity index (χ2v) is 9.64. The average molecular weight is 500 g/mol. The van der Waals surface area contributed by atoms with Crippen molar-refractivity contribution in [2.75, 3.05) is 43.5 Å². The highest BCUT2D eigenvalue weighted by molar-refractivity contribution is 5.95. The van der Waals surface area contributed by atoms with E-state index in [4.69, 9.17) is 9.72 Å². The molecule has 37 heavy (non-hydrogen) atoms. The van der Waals surface area contributed by atoms with Gasteiger partial charge in [-0.3, -0.25) is 15.0 Å². The first-order valence-electron chi connectivity index (χ1n) is 12.5. The molecule has 0 aliphatic carbocycles. The van der Waals surface area contributed by atoms with Crippen LogP contribution in [0.5, 0.6) is 5.75 Å². The number of para-hydroxylation sites is 1. The van der Waals surface area contributed by atoms with Crippen LogP contribution in [-0.2, 0) is 7.05 Å². The minimum atomic E-state index is -0.329. The number of fused-ring (bicyclic) bond motifs is 1. The zero-order valence-electron chi connectivity index (χ0n) is 20.9. The lowest BCUT2D eigenvalue weighted by molar-refractivity contribution is -0.384. The molecule has 2 saturated heterocycles. The van der Waals surface area contributed by atoms with Gasteiger partial charge in [0, 0.05) is 67.2 Å². The van der Waals surface area contributed by atoms with E-state index in [9.17, 15) is 10.1 Å². The third-order valence-electron chi connectivity index (χ3n) is 7.48. The van der Waals surface area contributed by atoms with E-state index in [0.29, 0.717) is 29.1 Å². The number of benzene rings is 2. The van der Waals surface area contributed by atoms with Gasteiger partial charge in [-0.25, -0.2) is 9.97 Å². The zero-order valence-corrected chi connectivity index (χ0v) is 20.9. The first-order valence-corrected chi connectivity index (χ1v) is 12.5. The van der Waals surface area contributed by atoms with Gasteiger partial charge in [0.25, 0.3) is 5.69 Å². The molecule has 2 aromatic carbocycles. The number of likely N-dealkylation sites (tertiary alicyclic amines) is 1. The van der Waals surface area contributed by atoms with Crippen LogP contribution in [0, 0.1) is 10.1 Å². The molecule has 4 heterocycles. The molecular weight excluding hydrogens is 470 g/mol. The first-order chi connectivity index (χ1) is 18.0. The van der Waals surface area contributed by atoms with Crippen LogP contribution in [0.4, 0.5) is 23.0 Å². The van der Waals surface area contributed by atoms with Gasteiger partial charge in [0.15, 0.2) is 0 Å². The van der Waals surface area contributed by atoms with E-state index >= 15 is 0 Å². The minimum absolute atomic E-state index is 0.0396. The Balaban J connectivity index is 1.32. The van der Waals surface area contributed by atoms with Crippen molar-refractivity contribution < 1.29 is 9.66 Å². The fraction of sp³-hybridized carbons (Fsp3) is 0.333. The molecule has 0 spiro atoms. The largest absolute Gasteiger partial charge is 0.494 e. The van der Waals surface area contributed by atoms with Gasteiger partial charge in [-0.1, -0.05) is 18.2 Å². The van der Waals surface area contributed by atoms with Crippen molar-refractivity contribution in [1.82, 2.24) is 19.4 Å². The number of anilines is 3. The van der Waals surface area contributed by atoms with Crippen molar-refractivity contribution in [3.05, 3.63) is 65.0 Å². The Labute approximate surface area is 214 Å². The summed E-state index contributed by atoms with van der Waals surface area (Å²) in [5.74, 6) is 0.844. The monoisotopic (exact) mass is 499 g/mol. The Morgan fingerprint density at radius 3 is 2.76 bits per heavy atom. The molecule has 1 N–H and O–H groups in total. The van der Waals surface area contributed by atoms with Gasteiger partial charge in [-0.15, -0.1) is 0 Å². The Morgan fingerprint density at radius 2 is 2.00 bits per heavy atom. The van der Waals surface area contributed by atoms with Crippen LogP contribution in [0.1, 0.15) is 12.8 Å². The van der Waals surface area contributed by atoms with E-state index in [1.54, 1.807) is 19.4 Å². The lowest BCUT2D eigenvalue weighted by Crippen LogP contribution is -2.46. The summed E-state index contributed by atoms with van der Waals surface area (Å²) in [6.45, 7) is 3.80. The molecule has 190 valence electrons. The summed E-state index contributed by atoms with van der Waals surface area (Å²) in [7, 11) is 3.57. The van der Waals surface area contributed by atoms with Crippen LogP contribution < -0.4 is 15.0 Å². The standard InChI is InChI=1S/C27H29N7O3/c1-31-17-20(19-6-3-4-7-23(19)31)21-8-10-28-27(29-21)30-22-14-25(34(35)36)24(15-26(22)37-2)33-13-9-18(16-33)32-11-5-12-32/h3-4,6-8,10,14-15,17-18H,5,9,11-13,16H2,1-2H3,(H,28,29,30). The number of aromatic nitrogens is 3. The first kappa shape index (κ1) is 23.2. The Morgan fingerprint density at radius 1 is 1.16 bits per heavy atom. The predicted molar refractivity (Wildman–Crippen MR) is 144 cm³/mol. The van der Waals surface area contributed by atoms with Gasteiger partial charge in [0.05, 0.1) is 23.4 Å². The SMILES string of the molecule is COc1cc(N2CCC(N3CCC3)C2)c([N+](=O)[O-])cc1Nc1nccc(-c2cn(C)c3ccccc23)n1. The number of nitro benzene ring substituents is 1. The molecule has 0 bridgehead atoms. The number of nitro groups is 1. The molecule has 6 rings (SSSR count). The summed E-state index contributed by atoms with van der Waals surface area (Å²) < 4.78 is 7.72. The van der Waals surface area contributed by atoms with E-state index in [1.807, 2.05) is 31.4 Å². The van der Waals surface area contributed by atoms with Crippen molar-refractivity contribution in [3.63, 3.8) is 0 Å². The molecule has 10 nitrogen and oxygen atoms in total. The van der Waals surface area contributed by atoms with E-state index in [-0.39, 0.29) is 10.6 Å². The molecule has 1 atom stereocenters. The molecule has 4 aromatic rings. The van der Waals surface area contributed by atoms with E-state index in [0.717, 1.165) is 54.8 Å². The van der Waals surface area contributed by atoms with Gasteiger partial charge in [0.1, 0.15) is 11.4 Å². The fourth-order valence-electron chi connectivity index (χ4n) is 5.42. The second kappa shape index (κ2) is 9.36. The van der Waals surface area contributed by atoms with E-state index in [1.165, 1.54) is 12.5 Å². The van der Waals surface area contributed by atoms with Crippen LogP contribution in [0.25, 0.3) is 22.2 Å². The fourth-order valence-corrected chi connectivity index (χ4v) is 5.42. The highest BCUT2D eigenvalue weighted by Crippen LogP contribution is 2.41. The van der Waals surface area contributed by atoms with Gasteiger partial charge in [-0.2, -0.15) is 0 Å². The molecule has 2 fully saturated rings. The number of nitrogens with one attached hydrogen (secondary N) is 1. The molecule has 1 unspecified atom stereocenters. The number of ether oxygens (including phenoxy) is 1. The van der Waals surface area contributed by atoms with Crippen molar-refractivity contribution >= 4 is 33.9 Å². The number of aryl methyl sites for hydroxylation is 1. The average Bonchev–Trinajstić information content (AvgIpc) is 3.48. The molecule has 0 saturated carbocycles. The number of nitrogens with zero attached hydrogens (tertiary/aromatic N) is 6. The summed E-state index contributed by atoms with van der Waals surface area (Å²) in [5.41, 5.74) is 3.93.